The highest BCUT2D eigenvalue weighted by Gasteiger charge is 2.11. The topological polar surface area (TPSA) is 46.4 Å². The summed E-state index contributed by atoms with van der Waals surface area (Å²) < 4.78 is 2.12. The maximum atomic E-state index is 12.3. The summed E-state index contributed by atoms with van der Waals surface area (Å²) in [6.07, 6.45) is 1.96. The lowest BCUT2D eigenvalue weighted by molar-refractivity contribution is -0.120. The minimum absolute atomic E-state index is 0.163. The summed E-state index contributed by atoms with van der Waals surface area (Å²) in [5.41, 5.74) is 6.81. The number of halogens is 1. The van der Waals surface area contributed by atoms with Gasteiger partial charge < -0.3 is 4.57 Å². The van der Waals surface area contributed by atoms with Crippen molar-refractivity contribution in [1.82, 2.24) is 9.99 Å². The molecule has 27 heavy (non-hydrogen) atoms. The van der Waals surface area contributed by atoms with Crippen molar-refractivity contribution >= 4 is 46.4 Å². The van der Waals surface area contributed by atoms with E-state index in [-0.39, 0.29) is 12.3 Å². The molecule has 0 bridgehead atoms. The van der Waals surface area contributed by atoms with E-state index in [1.807, 2.05) is 44.3 Å². The Morgan fingerprint density at radius 3 is 2.85 bits per heavy atom. The fraction of sp³-hybridized carbons (Fsp3) is 0.238. The average molecular weight is 400 g/mol. The highest BCUT2D eigenvalue weighted by atomic mass is 35.5. The molecule has 2 aromatic carbocycles. The van der Waals surface area contributed by atoms with Gasteiger partial charge in [0.25, 0.3) is 0 Å². The van der Waals surface area contributed by atoms with Crippen molar-refractivity contribution in [1.29, 1.82) is 0 Å². The second kappa shape index (κ2) is 8.63. The normalized spacial score (nSPS) is 11.4. The van der Waals surface area contributed by atoms with Crippen LogP contribution in [0.2, 0.25) is 5.02 Å². The fourth-order valence-electron chi connectivity index (χ4n) is 3.08. The van der Waals surface area contributed by atoms with Crippen LogP contribution in [0.15, 0.2) is 52.5 Å². The van der Waals surface area contributed by atoms with Gasteiger partial charge in [0.1, 0.15) is 0 Å². The Labute approximate surface area is 168 Å². The van der Waals surface area contributed by atoms with E-state index in [2.05, 4.69) is 34.2 Å². The molecule has 140 valence electrons. The number of hydrogen-bond acceptors (Lipinski definition) is 3. The quantitative estimate of drug-likeness (QED) is 0.362. The van der Waals surface area contributed by atoms with Gasteiger partial charge in [-0.3, -0.25) is 4.79 Å². The van der Waals surface area contributed by atoms with E-state index in [0.717, 1.165) is 38.4 Å². The number of aryl methyl sites for hydroxylation is 1. The SMILES string of the molecule is CCSc1ccc(Cl)cc1CC(=O)N/N=C\c1c(C)n(C)c2ccccc12. The molecule has 0 saturated heterocycles. The van der Waals surface area contributed by atoms with Crippen LogP contribution >= 0.6 is 23.4 Å². The summed E-state index contributed by atoms with van der Waals surface area (Å²) in [5, 5.41) is 5.93. The van der Waals surface area contributed by atoms with Gasteiger partial charge in [-0.2, -0.15) is 5.10 Å². The smallest absolute Gasteiger partial charge is 0.244 e. The predicted molar refractivity (Wildman–Crippen MR) is 115 cm³/mol. The third-order valence-electron chi connectivity index (χ3n) is 4.50. The van der Waals surface area contributed by atoms with E-state index in [9.17, 15) is 4.79 Å². The van der Waals surface area contributed by atoms with E-state index in [0.29, 0.717) is 5.02 Å². The number of hydrazone groups is 1. The summed E-state index contributed by atoms with van der Waals surface area (Å²) in [5.74, 6) is 0.777. The Hall–Kier alpha value is -2.24. The van der Waals surface area contributed by atoms with E-state index in [1.54, 1.807) is 18.0 Å². The van der Waals surface area contributed by atoms with E-state index < -0.39 is 0 Å². The molecule has 0 aliphatic rings. The van der Waals surface area contributed by atoms with Crippen LogP contribution in [0, 0.1) is 6.92 Å². The first-order chi connectivity index (χ1) is 13.0. The van der Waals surface area contributed by atoms with Crippen LogP contribution in [0.5, 0.6) is 0 Å². The van der Waals surface area contributed by atoms with E-state index in [1.165, 1.54) is 0 Å². The molecule has 0 atom stereocenters. The van der Waals surface area contributed by atoms with Crippen molar-refractivity contribution < 1.29 is 4.79 Å². The number of hydrogen-bond donors (Lipinski definition) is 1. The Bertz CT molecular complexity index is 1010. The maximum absolute atomic E-state index is 12.3. The van der Waals surface area contributed by atoms with Crippen LogP contribution in [-0.2, 0) is 18.3 Å². The maximum Gasteiger partial charge on any atom is 0.244 e. The van der Waals surface area contributed by atoms with Crippen molar-refractivity contribution in [2.45, 2.75) is 25.2 Å². The number of aromatic nitrogens is 1. The van der Waals surface area contributed by atoms with Gasteiger partial charge in [-0.1, -0.05) is 36.7 Å². The monoisotopic (exact) mass is 399 g/mol. The zero-order valence-electron chi connectivity index (χ0n) is 15.6. The first-order valence-corrected chi connectivity index (χ1v) is 10.1. The van der Waals surface area contributed by atoms with Crippen LogP contribution in [0.1, 0.15) is 23.7 Å². The molecule has 0 unspecified atom stereocenters. The van der Waals surface area contributed by atoms with Gasteiger partial charge in [-0.25, -0.2) is 5.43 Å². The molecule has 1 N–H and O–H groups in total. The second-order valence-electron chi connectivity index (χ2n) is 6.23. The third-order valence-corrected chi connectivity index (χ3v) is 5.74. The van der Waals surface area contributed by atoms with Crippen molar-refractivity contribution in [3.63, 3.8) is 0 Å². The molecule has 0 fully saturated rings. The largest absolute Gasteiger partial charge is 0.347 e. The van der Waals surface area contributed by atoms with E-state index >= 15 is 0 Å². The summed E-state index contributed by atoms with van der Waals surface area (Å²) in [6, 6.07) is 13.8. The zero-order valence-corrected chi connectivity index (χ0v) is 17.2. The lowest BCUT2D eigenvalue weighted by atomic mass is 10.1. The molecule has 0 aliphatic heterocycles. The molecule has 3 aromatic rings. The highest BCUT2D eigenvalue weighted by Crippen LogP contribution is 2.26. The van der Waals surface area contributed by atoms with Gasteiger partial charge in [-0.15, -0.1) is 11.8 Å². The number of amides is 1. The van der Waals surface area contributed by atoms with Crippen LogP contribution in [0.4, 0.5) is 0 Å². The average Bonchev–Trinajstić information content (AvgIpc) is 2.89. The van der Waals surface area contributed by atoms with Gasteiger partial charge in [0.05, 0.1) is 12.6 Å². The molecular formula is C21H22ClN3OS. The fourth-order valence-corrected chi connectivity index (χ4v) is 4.06. The Kier molecular flexibility index (Phi) is 6.24. The molecule has 6 heteroatoms. The van der Waals surface area contributed by atoms with Gasteiger partial charge in [0, 0.05) is 39.1 Å². The number of nitrogens with zero attached hydrogens (tertiary/aromatic N) is 2. The van der Waals surface area contributed by atoms with Gasteiger partial charge in [0.2, 0.25) is 5.91 Å². The summed E-state index contributed by atoms with van der Waals surface area (Å²) in [7, 11) is 2.03. The minimum atomic E-state index is -0.163. The second-order valence-corrected chi connectivity index (χ2v) is 7.97. The predicted octanol–water partition coefficient (Wildman–Crippen LogP) is 4.94. The van der Waals surface area contributed by atoms with Crippen LogP contribution in [-0.4, -0.2) is 22.4 Å². The lowest BCUT2D eigenvalue weighted by Crippen LogP contribution is -2.20. The number of rotatable bonds is 6. The van der Waals surface area contributed by atoms with Crippen LogP contribution in [0.3, 0.4) is 0 Å². The molecule has 1 heterocycles. The van der Waals surface area contributed by atoms with Crippen molar-refractivity contribution in [3.8, 4) is 0 Å². The number of thioether (sulfide) groups is 1. The number of nitrogens with one attached hydrogen (secondary N) is 1. The molecule has 1 aromatic heterocycles. The molecule has 0 saturated carbocycles. The van der Waals surface area contributed by atoms with Crippen LogP contribution in [0.25, 0.3) is 10.9 Å². The van der Waals surface area contributed by atoms with Crippen molar-refractivity contribution in [3.05, 3.63) is 64.3 Å². The Balaban J connectivity index is 1.74. The van der Waals surface area contributed by atoms with Gasteiger partial charge in [-0.05, 0) is 42.5 Å². The number of fused-ring (bicyclic) bond motifs is 1. The molecule has 0 aliphatic carbocycles. The standard InChI is InChI=1S/C21H22ClN3OS/c1-4-27-20-10-9-16(22)11-15(20)12-21(26)24-23-13-18-14(2)25(3)19-8-6-5-7-17(18)19/h5-11,13H,4,12H2,1-3H3,(H,24,26)/b23-13-. The zero-order chi connectivity index (χ0) is 19.4. The molecule has 0 spiro atoms. The van der Waals surface area contributed by atoms with Gasteiger partial charge >= 0.3 is 0 Å². The number of carbonyl (C=O) groups is 1. The Morgan fingerprint density at radius 2 is 2.07 bits per heavy atom. The molecular weight excluding hydrogens is 378 g/mol. The summed E-state index contributed by atoms with van der Waals surface area (Å²) >= 11 is 7.79. The number of carbonyl (C=O) groups excluding carboxylic acids is 1. The van der Waals surface area contributed by atoms with Crippen molar-refractivity contribution in [2.75, 3.05) is 5.75 Å². The molecule has 4 nitrogen and oxygen atoms in total. The molecule has 3 rings (SSSR count). The van der Waals surface area contributed by atoms with Crippen molar-refractivity contribution in [2.24, 2.45) is 12.1 Å². The minimum Gasteiger partial charge on any atom is -0.347 e. The highest BCUT2D eigenvalue weighted by molar-refractivity contribution is 7.99. The first-order valence-electron chi connectivity index (χ1n) is 8.78. The van der Waals surface area contributed by atoms with E-state index in [4.69, 9.17) is 11.6 Å². The summed E-state index contributed by atoms with van der Waals surface area (Å²) in [4.78, 5) is 13.4. The van der Waals surface area contributed by atoms with Crippen LogP contribution < -0.4 is 5.43 Å². The third kappa shape index (κ3) is 4.37. The lowest BCUT2D eigenvalue weighted by Gasteiger charge is -2.08. The number of benzene rings is 2. The molecule has 0 radical (unpaired) electrons. The first kappa shape index (κ1) is 19.5. The molecule has 1 amide bonds. The summed E-state index contributed by atoms with van der Waals surface area (Å²) in [6.45, 7) is 4.13. The number of para-hydroxylation sites is 1. The van der Waals surface area contributed by atoms with Gasteiger partial charge in [0.15, 0.2) is 0 Å². The Morgan fingerprint density at radius 1 is 1.30 bits per heavy atom.